The van der Waals surface area contributed by atoms with Crippen molar-refractivity contribution in [1.82, 2.24) is 5.43 Å². The summed E-state index contributed by atoms with van der Waals surface area (Å²) in [5, 5.41) is 32.0. The second-order valence-electron chi connectivity index (χ2n) is 3.25. The molecule has 0 aliphatic rings. The van der Waals surface area contributed by atoms with Gasteiger partial charge in [-0.2, -0.15) is 10.4 Å². The zero-order valence-electron chi connectivity index (χ0n) is 9.33. The predicted octanol–water partition coefficient (Wildman–Crippen LogP) is 1.43. The number of nitro groups is 1. The number of aromatic hydroxyl groups is 1. The van der Waals surface area contributed by atoms with E-state index in [0.717, 1.165) is 12.3 Å². The summed E-state index contributed by atoms with van der Waals surface area (Å²) in [5.74, 6) is -1.19. The van der Waals surface area contributed by atoms with Crippen molar-refractivity contribution in [3.05, 3.63) is 32.3 Å². The molecule has 0 unspecified atom stereocenters. The lowest BCUT2D eigenvalue weighted by atomic mass is 10.2. The summed E-state index contributed by atoms with van der Waals surface area (Å²) in [5.41, 5.74) is 1.61. The van der Waals surface area contributed by atoms with Gasteiger partial charge in [-0.05, 0) is 6.07 Å². The SMILES string of the molecule is N#CCC(=O)N/N=C\c1cc(Br)cc([N+](=O)[O-])c1O. The molecule has 0 bridgehead atoms. The number of nitrogens with one attached hydrogen (secondary N) is 1. The van der Waals surface area contributed by atoms with E-state index in [9.17, 15) is 20.0 Å². The summed E-state index contributed by atoms with van der Waals surface area (Å²) >= 11 is 3.05. The van der Waals surface area contributed by atoms with Crippen LogP contribution < -0.4 is 5.43 Å². The molecule has 1 rings (SSSR count). The molecule has 2 N–H and O–H groups in total. The maximum absolute atomic E-state index is 10.9. The molecule has 0 atom stereocenters. The van der Waals surface area contributed by atoms with Crippen LogP contribution in [-0.2, 0) is 4.79 Å². The third-order valence-electron chi connectivity index (χ3n) is 1.91. The minimum Gasteiger partial charge on any atom is -0.502 e. The number of hydrazone groups is 1. The Labute approximate surface area is 115 Å². The molecule has 0 aliphatic carbocycles. The van der Waals surface area contributed by atoms with Crippen LogP contribution in [0.15, 0.2) is 21.7 Å². The summed E-state index contributed by atoms with van der Waals surface area (Å²) in [6, 6.07) is 4.16. The van der Waals surface area contributed by atoms with Gasteiger partial charge in [0.2, 0.25) is 5.75 Å². The number of phenols is 1. The van der Waals surface area contributed by atoms with Gasteiger partial charge in [0.15, 0.2) is 0 Å². The molecule has 0 fully saturated rings. The Morgan fingerprint density at radius 1 is 1.68 bits per heavy atom. The zero-order valence-corrected chi connectivity index (χ0v) is 10.9. The molecule has 0 spiro atoms. The lowest BCUT2D eigenvalue weighted by Crippen LogP contribution is -2.16. The Bertz CT molecular complexity index is 594. The van der Waals surface area contributed by atoms with Gasteiger partial charge in [-0.25, -0.2) is 5.43 Å². The van der Waals surface area contributed by atoms with Crippen molar-refractivity contribution in [2.75, 3.05) is 0 Å². The number of rotatable bonds is 4. The molecule has 1 aromatic carbocycles. The molecule has 1 aromatic rings. The maximum Gasteiger partial charge on any atom is 0.312 e. The molecular formula is C10H7BrN4O4. The van der Waals surface area contributed by atoms with Crippen molar-refractivity contribution in [2.24, 2.45) is 5.10 Å². The van der Waals surface area contributed by atoms with E-state index in [1.165, 1.54) is 6.07 Å². The minimum absolute atomic E-state index is 0.0540. The molecule has 98 valence electrons. The van der Waals surface area contributed by atoms with E-state index in [-0.39, 0.29) is 12.0 Å². The molecule has 8 nitrogen and oxygen atoms in total. The van der Waals surface area contributed by atoms with E-state index < -0.39 is 22.3 Å². The standard InChI is InChI=1S/C10H7BrN4O4/c11-7-3-6(5-13-14-9(16)1-2-12)10(17)8(4-7)15(18)19/h3-5,17H,1H2,(H,14,16)/b13-5-. The van der Waals surface area contributed by atoms with E-state index in [1.807, 2.05) is 5.43 Å². The lowest BCUT2D eigenvalue weighted by molar-refractivity contribution is -0.385. The Hall–Kier alpha value is -2.47. The number of nitro benzene ring substituents is 1. The first kappa shape index (κ1) is 14.6. The highest BCUT2D eigenvalue weighted by Gasteiger charge is 2.17. The fraction of sp³-hybridized carbons (Fsp3) is 0.100. The van der Waals surface area contributed by atoms with Crippen molar-refractivity contribution < 1.29 is 14.8 Å². The van der Waals surface area contributed by atoms with Gasteiger partial charge in [-0.1, -0.05) is 15.9 Å². The Balaban J connectivity index is 2.96. The van der Waals surface area contributed by atoms with Crippen molar-refractivity contribution in [2.45, 2.75) is 6.42 Å². The third-order valence-corrected chi connectivity index (χ3v) is 2.37. The molecule has 19 heavy (non-hydrogen) atoms. The van der Waals surface area contributed by atoms with E-state index in [0.29, 0.717) is 4.47 Å². The van der Waals surface area contributed by atoms with E-state index in [2.05, 4.69) is 21.0 Å². The molecule has 0 radical (unpaired) electrons. The highest BCUT2D eigenvalue weighted by atomic mass is 79.9. The van der Waals surface area contributed by atoms with Gasteiger partial charge >= 0.3 is 5.69 Å². The summed E-state index contributed by atoms with van der Waals surface area (Å²) in [6.07, 6.45) is 0.685. The maximum atomic E-state index is 10.9. The van der Waals surface area contributed by atoms with Gasteiger partial charge in [-0.15, -0.1) is 0 Å². The number of nitriles is 1. The van der Waals surface area contributed by atoms with Crippen LogP contribution in [0, 0.1) is 21.4 Å². The normalized spacial score (nSPS) is 10.1. The van der Waals surface area contributed by atoms with Crippen molar-refractivity contribution in [1.29, 1.82) is 5.26 Å². The molecule has 0 aromatic heterocycles. The number of benzene rings is 1. The monoisotopic (exact) mass is 326 g/mol. The summed E-state index contributed by atoms with van der Waals surface area (Å²) < 4.78 is 0.377. The first-order valence-electron chi connectivity index (χ1n) is 4.81. The van der Waals surface area contributed by atoms with Gasteiger partial charge in [0.1, 0.15) is 6.42 Å². The third kappa shape index (κ3) is 4.04. The van der Waals surface area contributed by atoms with Crippen molar-refractivity contribution in [3.8, 4) is 11.8 Å². The number of hydrogen-bond acceptors (Lipinski definition) is 6. The number of amides is 1. The predicted molar refractivity (Wildman–Crippen MR) is 68.4 cm³/mol. The number of carbonyl (C=O) groups excluding carboxylic acids is 1. The Morgan fingerprint density at radius 3 is 2.95 bits per heavy atom. The first-order valence-corrected chi connectivity index (χ1v) is 5.60. The van der Waals surface area contributed by atoms with Gasteiger partial charge in [0, 0.05) is 16.1 Å². The molecule has 9 heteroatoms. The fourth-order valence-corrected chi connectivity index (χ4v) is 1.59. The fourth-order valence-electron chi connectivity index (χ4n) is 1.13. The highest BCUT2D eigenvalue weighted by Crippen LogP contribution is 2.32. The second-order valence-corrected chi connectivity index (χ2v) is 4.16. The van der Waals surface area contributed by atoms with Crippen LogP contribution in [-0.4, -0.2) is 22.2 Å². The minimum atomic E-state index is -0.744. The van der Waals surface area contributed by atoms with Gasteiger partial charge in [0.05, 0.1) is 17.2 Å². The smallest absolute Gasteiger partial charge is 0.312 e. The largest absolute Gasteiger partial charge is 0.502 e. The molecule has 0 saturated heterocycles. The van der Waals surface area contributed by atoms with Crippen LogP contribution in [0.3, 0.4) is 0 Å². The quantitative estimate of drug-likeness (QED) is 0.491. The van der Waals surface area contributed by atoms with E-state index in [1.54, 1.807) is 6.07 Å². The average molecular weight is 327 g/mol. The number of carbonyl (C=O) groups is 1. The molecule has 1 amide bonds. The van der Waals surface area contributed by atoms with Crippen LogP contribution in [0.25, 0.3) is 0 Å². The summed E-state index contributed by atoms with van der Waals surface area (Å²) in [4.78, 5) is 20.9. The zero-order chi connectivity index (χ0) is 14.4. The van der Waals surface area contributed by atoms with Gasteiger partial charge < -0.3 is 5.11 Å². The molecule has 0 heterocycles. The van der Waals surface area contributed by atoms with E-state index >= 15 is 0 Å². The Kier molecular flexibility index (Phi) is 4.96. The highest BCUT2D eigenvalue weighted by molar-refractivity contribution is 9.10. The summed E-state index contributed by atoms with van der Waals surface area (Å²) in [6.45, 7) is 0. The van der Waals surface area contributed by atoms with E-state index in [4.69, 9.17) is 5.26 Å². The van der Waals surface area contributed by atoms with Crippen molar-refractivity contribution >= 4 is 33.7 Å². The second kappa shape index (κ2) is 6.46. The average Bonchev–Trinajstić information content (AvgIpc) is 2.33. The van der Waals surface area contributed by atoms with Crippen LogP contribution in [0.2, 0.25) is 0 Å². The molecule has 0 aliphatic heterocycles. The van der Waals surface area contributed by atoms with Crippen LogP contribution in [0.5, 0.6) is 5.75 Å². The summed E-state index contributed by atoms with van der Waals surface area (Å²) in [7, 11) is 0. The van der Waals surface area contributed by atoms with Crippen molar-refractivity contribution in [3.63, 3.8) is 0 Å². The van der Waals surface area contributed by atoms with Crippen LogP contribution in [0.1, 0.15) is 12.0 Å². The van der Waals surface area contributed by atoms with Gasteiger partial charge in [0.25, 0.3) is 5.91 Å². The first-order chi connectivity index (χ1) is 8.95. The van der Waals surface area contributed by atoms with Gasteiger partial charge in [-0.3, -0.25) is 14.9 Å². The lowest BCUT2D eigenvalue weighted by Gasteiger charge is -2.01. The number of hydrogen-bond donors (Lipinski definition) is 2. The number of nitrogens with zero attached hydrogens (tertiary/aromatic N) is 3. The molecule has 0 saturated carbocycles. The van der Waals surface area contributed by atoms with Crippen LogP contribution in [0.4, 0.5) is 5.69 Å². The number of phenolic OH excluding ortho intramolecular Hbond substituents is 1. The Morgan fingerprint density at radius 2 is 2.37 bits per heavy atom. The topological polar surface area (TPSA) is 129 Å². The van der Waals surface area contributed by atoms with Crippen LogP contribution >= 0.6 is 15.9 Å². The molecular weight excluding hydrogens is 320 g/mol. The number of halogens is 1.